The Morgan fingerprint density at radius 1 is 0.929 bits per heavy atom. The third-order valence-corrected chi connectivity index (χ3v) is 4.80. The molecule has 0 radical (unpaired) electrons. The van der Waals surface area contributed by atoms with Crippen LogP contribution in [-0.2, 0) is 6.54 Å². The van der Waals surface area contributed by atoms with Crippen LogP contribution in [0.1, 0.15) is 11.3 Å². The molecule has 0 bridgehead atoms. The van der Waals surface area contributed by atoms with Crippen LogP contribution in [-0.4, -0.2) is 23.6 Å². The molecule has 0 atom stereocenters. The van der Waals surface area contributed by atoms with Crippen molar-refractivity contribution in [3.8, 4) is 22.8 Å². The minimum Gasteiger partial charge on any atom is -0.497 e. The molecule has 0 aliphatic carbocycles. The molecule has 142 valence electrons. The molecule has 0 aliphatic rings. The van der Waals surface area contributed by atoms with Crippen molar-refractivity contribution in [1.29, 1.82) is 0 Å². The van der Waals surface area contributed by atoms with Gasteiger partial charge in [-0.3, -0.25) is 4.40 Å². The Morgan fingerprint density at radius 3 is 2.50 bits per heavy atom. The normalized spacial score (nSPS) is 10.8. The molecule has 0 unspecified atom stereocenters. The number of nitrogens with zero attached hydrogens (tertiary/aromatic N) is 2. The lowest BCUT2D eigenvalue weighted by Gasteiger charge is -2.13. The van der Waals surface area contributed by atoms with Crippen LogP contribution >= 0.6 is 0 Å². The summed E-state index contributed by atoms with van der Waals surface area (Å²) in [4.78, 5) is 4.90. The van der Waals surface area contributed by atoms with Crippen LogP contribution in [0.25, 0.3) is 16.9 Å². The van der Waals surface area contributed by atoms with Gasteiger partial charge < -0.3 is 14.8 Å². The zero-order chi connectivity index (χ0) is 19.5. The minimum atomic E-state index is 0.697. The molecule has 0 amide bonds. The molecule has 1 N–H and O–H groups in total. The first-order chi connectivity index (χ1) is 13.7. The summed E-state index contributed by atoms with van der Waals surface area (Å²) < 4.78 is 13.2. The predicted molar refractivity (Wildman–Crippen MR) is 112 cm³/mol. The van der Waals surface area contributed by atoms with E-state index in [2.05, 4.69) is 34.8 Å². The van der Waals surface area contributed by atoms with Crippen LogP contribution in [0.3, 0.4) is 0 Å². The first-order valence-corrected chi connectivity index (χ1v) is 9.19. The molecule has 2 aromatic heterocycles. The van der Waals surface area contributed by atoms with Gasteiger partial charge in [0.2, 0.25) is 0 Å². The number of methoxy groups -OCH3 is 2. The smallest absolute Gasteiger partial charge is 0.139 e. The molecule has 2 aromatic carbocycles. The Balaban J connectivity index is 1.88. The summed E-state index contributed by atoms with van der Waals surface area (Å²) in [6, 6.07) is 22.2. The number of pyridine rings is 1. The SMILES string of the molecule is COc1ccc(OC)c(-c2nc3cccc(C)n3c2NCc2ccccc2)c1. The van der Waals surface area contributed by atoms with Gasteiger partial charge in [-0.1, -0.05) is 36.4 Å². The van der Waals surface area contributed by atoms with Crippen molar-refractivity contribution in [2.24, 2.45) is 0 Å². The number of nitrogens with one attached hydrogen (secondary N) is 1. The van der Waals surface area contributed by atoms with E-state index in [1.54, 1.807) is 14.2 Å². The third kappa shape index (κ3) is 3.27. The van der Waals surface area contributed by atoms with Gasteiger partial charge in [-0.25, -0.2) is 4.98 Å². The van der Waals surface area contributed by atoms with Gasteiger partial charge in [0.05, 0.1) is 14.2 Å². The number of aryl methyl sites for hydroxylation is 1. The number of ether oxygens (including phenoxy) is 2. The van der Waals surface area contributed by atoms with Gasteiger partial charge in [0, 0.05) is 17.8 Å². The highest BCUT2D eigenvalue weighted by atomic mass is 16.5. The number of anilines is 1. The Kier molecular flexibility index (Phi) is 4.89. The second-order valence-electron chi connectivity index (χ2n) is 6.58. The van der Waals surface area contributed by atoms with Gasteiger partial charge in [-0.05, 0) is 42.8 Å². The fraction of sp³-hybridized carbons (Fsp3) is 0.174. The van der Waals surface area contributed by atoms with Gasteiger partial charge in [-0.15, -0.1) is 0 Å². The topological polar surface area (TPSA) is 47.8 Å². The van der Waals surface area contributed by atoms with E-state index >= 15 is 0 Å². The van der Waals surface area contributed by atoms with E-state index in [1.165, 1.54) is 5.56 Å². The fourth-order valence-corrected chi connectivity index (χ4v) is 3.39. The van der Waals surface area contributed by atoms with E-state index in [4.69, 9.17) is 14.5 Å². The highest BCUT2D eigenvalue weighted by Gasteiger charge is 2.19. The monoisotopic (exact) mass is 373 g/mol. The standard InChI is InChI=1S/C23H23N3O2/c1-16-8-7-11-21-25-22(19-14-18(27-2)12-13-20(19)28-3)23(26(16)21)24-15-17-9-5-4-6-10-17/h4-14,24H,15H2,1-3H3. The van der Waals surface area contributed by atoms with E-state index in [9.17, 15) is 0 Å². The van der Waals surface area contributed by atoms with Crippen LogP contribution < -0.4 is 14.8 Å². The number of rotatable bonds is 6. The molecular formula is C23H23N3O2. The molecular weight excluding hydrogens is 350 g/mol. The van der Waals surface area contributed by atoms with E-state index < -0.39 is 0 Å². The van der Waals surface area contributed by atoms with Crippen molar-refractivity contribution < 1.29 is 9.47 Å². The van der Waals surface area contributed by atoms with E-state index in [-0.39, 0.29) is 0 Å². The molecule has 0 saturated heterocycles. The van der Waals surface area contributed by atoms with Crippen LogP contribution in [0.5, 0.6) is 11.5 Å². The predicted octanol–water partition coefficient (Wildman–Crippen LogP) is 4.94. The zero-order valence-corrected chi connectivity index (χ0v) is 16.3. The van der Waals surface area contributed by atoms with Crippen LogP contribution in [0, 0.1) is 6.92 Å². The van der Waals surface area contributed by atoms with E-state index in [1.807, 2.05) is 48.5 Å². The second kappa shape index (κ2) is 7.64. The van der Waals surface area contributed by atoms with Crippen molar-refractivity contribution >= 4 is 11.5 Å². The molecule has 4 aromatic rings. The van der Waals surface area contributed by atoms with E-state index in [0.29, 0.717) is 6.54 Å². The number of fused-ring (bicyclic) bond motifs is 1. The Bertz CT molecular complexity index is 1100. The van der Waals surface area contributed by atoms with Crippen molar-refractivity contribution in [2.75, 3.05) is 19.5 Å². The maximum Gasteiger partial charge on any atom is 0.139 e. The fourth-order valence-electron chi connectivity index (χ4n) is 3.39. The number of imidazole rings is 1. The summed E-state index contributed by atoms with van der Waals surface area (Å²) >= 11 is 0. The lowest BCUT2D eigenvalue weighted by molar-refractivity contribution is 0.404. The van der Waals surface area contributed by atoms with Crippen LogP contribution in [0.4, 0.5) is 5.82 Å². The summed E-state index contributed by atoms with van der Waals surface area (Å²) in [6.45, 7) is 2.78. The number of hydrogen-bond acceptors (Lipinski definition) is 4. The highest BCUT2D eigenvalue weighted by Crippen LogP contribution is 2.38. The molecule has 5 nitrogen and oxygen atoms in total. The average Bonchev–Trinajstić information content (AvgIpc) is 3.12. The van der Waals surface area contributed by atoms with Crippen LogP contribution in [0.2, 0.25) is 0 Å². The number of benzene rings is 2. The van der Waals surface area contributed by atoms with Crippen molar-refractivity contribution in [3.63, 3.8) is 0 Å². The average molecular weight is 373 g/mol. The van der Waals surface area contributed by atoms with Crippen molar-refractivity contribution in [1.82, 2.24) is 9.38 Å². The van der Waals surface area contributed by atoms with Gasteiger partial charge >= 0.3 is 0 Å². The summed E-state index contributed by atoms with van der Waals surface area (Å²) in [5.74, 6) is 2.45. The maximum atomic E-state index is 5.61. The lowest BCUT2D eigenvalue weighted by atomic mass is 10.1. The molecule has 2 heterocycles. The Hall–Kier alpha value is -3.47. The first kappa shape index (κ1) is 17.9. The highest BCUT2D eigenvalue weighted by molar-refractivity contribution is 5.81. The largest absolute Gasteiger partial charge is 0.497 e. The summed E-state index contributed by atoms with van der Waals surface area (Å²) in [6.07, 6.45) is 0. The molecule has 0 aliphatic heterocycles. The van der Waals surface area contributed by atoms with Gasteiger partial charge in [-0.2, -0.15) is 0 Å². The zero-order valence-electron chi connectivity index (χ0n) is 16.3. The van der Waals surface area contributed by atoms with Crippen LogP contribution in [0.15, 0.2) is 66.7 Å². The summed E-state index contributed by atoms with van der Waals surface area (Å²) in [5.41, 5.74) is 4.92. The summed E-state index contributed by atoms with van der Waals surface area (Å²) in [7, 11) is 3.33. The van der Waals surface area contributed by atoms with Gasteiger partial charge in [0.15, 0.2) is 0 Å². The summed E-state index contributed by atoms with van der Waals surface area (Å²) in [5, 5.41) is 3.58. The molecule has 0 fully saturated rings. The molecule has 4 rings (SSSR count). The Labute approximate surface area is 164 Å². The maximum absolute atomic E-state index is 5.61. The van der Waals surface area contributed by atoms with Gasteiger partial charge in [0.1, 0.15) is 28.7 Å². The van der Waals surface area contributed by atoms with E-state index in [0.717, 1.165) is 39.9 Å². The second-order valence-corrected chi connectivity index (χ2v) is 6.58. The molecule has 0 saturated carbocycles. The lowest BCUT2D eigenvalue weighted by Crippen LogP contribution is -2.05. The first-order valence-electron chi connectivity index (χ1n) is 9.19. The third-order valence-electron chi connectivity index (χ3n) is 4.80. The quantitative estimate of drug-likeness (QED) is 0.520. The van der Waals surface area contributed by atoms with Crippen molar-refractivity contribution in [2.45, 2.75) is 13.5 Å². The number of aromatic nitrogens is 2. The number of hydrogen-bond donors (Lipinski definition) is 1. The molecule has 5 heteroatoms. The molecule has 28 heavy (non-hydrogen) atoms. The van der Waals surface area contributed by atoms with Crippen molar-refractivity contribution in [3.05, 3.63) is 78.0 Å². The minimum absolute atomic E-state index is 0.697. The van der Waals surface area contributed by atoms with Gasteiger partial charge in [0.25, 0.3) is 0 Å². The molecule has 0 spiro atoms. The Morgan fingerprint density at radius 2 is 1.75 bits per heavy atom.